The lowest BCUT2D eigenvalue weighted by Gasteiger charge is -2.32. The molecule has 0 radical (unpaired) electrons. The van der Waals surface area contributed by atoms with Crippen molar-refractivity contribution in [3.8, 4) is 0 Å². The molecule has 0 spiro atoms. The van der Waals surface area contributed by atoms with Gasteiger partial charge in [0.1, 0.15) is 11.2 Å². The predicted octanol–water partition coefficient (Wildman–Crippen LogP) is 3.24. The molecule has 3 nitrogen and oxygen atoms in total. The molecule has 2 rings (SSSR count). The van der Waals surface area contributed by atoms with Crippen molar-refractivity contribution in [3.63, 3.8) is 0 Å². The molecule has 1 aromatic carbocycles. The largest absolute Gasteiger partial charge is 0.480 e. The zero-order valence-electron chi connectivity index (χ0n) is 10.3. The number of carboxylic acid groups (broad SMARTS) is 1. The molecule has 1 saturated carbocycles. The number of benzene rings is 1. The minimum absolute atomic E-state index is 0.113. The van der Waals surface area contributed by atoms with Gasteiger partial charge in [-0.2, -0.15) is 0 Å². The Labute approximate surface area is 115 Å². The Morgan fingerprint density at radius 1 is 1.42 bits per heavy atom. The van der Waals surface area contributed by atoms with Crippen LogP contribution in [0, 0.1) is 11.2 Å². The predicted molar refractivity (Wildman–Crippen MR) is 68.7 cm³/mol. The summed E-state index contributed by atoms with van der Waals surface area (Å²) in [7, 11) is 0. The summed E-state index contributed by atoms with van der Waals surface area (Å²) in [4.78, 5) is 23.6. The van der Waals surface area contributed by atoms with Crippen molar-refractivity contribution in [1.29, 1.82) is 0 Å². The van der Waals surface area contributed by atoms with Gasteiger partial charge in [-0.15, -0.1) is 0 Å². The summed E-state index contributed by atoms with van der Waals surface area (Å²) < 4.78 is 13.8. The SMILES string of the molecule is O=C(O)C1(Cc2c(F)cccc2Cl)CCCCC1=O. The number of hydrogen-bond donors (Lipinski definition) is 1. The third-order valence-electron chi connectivity index (χ3n) is 3.74. The van der Waals surface area contributed by atoms with E-state index in [2.05, 4.69) is 0 Å². The van der Waals surface area contributed by atoms with Gasteiger partial charge in [0, 0.05) is 17.0 Å². The normalized spacial score (nSPS) is 23.4. The molecule has 1 unspecified atom stereocenters. The molecular formula is C14H14ClFO3. The minimum atomic E-state index is -1.52. The number of rotatable bonds is 3. The summed E-state index contributed by atoms with van der Waals surface area (Å²) in [6, 6.07) is 4.18. The van der Waals surface area contributed by atoms with E-state index in [1.807, 2.05) is 0 Å². The van der Waals surface area contributed by atoms with Crippen LogP contribution in [-0.4, -0.2) is 16.9 Å². The Kier molecular flexibility index (Phi) is 3.90. The van der Waals surface area contributed by atoms with Gasteiger partial charge in [-0.1, -0.05) is 24.1 Å². The van der Waals surface area contributed by atoms with E-state index in [-0.39, 0.29) is 35.6 Å². The number of carboxylic acids is 1. The van der Waals surface area contributed by atoms with Crippen molar-refractivity contribution < 1.29 is 19.1 Å². The smallest absolute Gasteiger partial charge is 0.317 e. The molecule has 0 aliphatic heterocycles. The number of carbonyl (C=O) groups is 2. The van der Waals surface area contributed by atoms with Gasteiger partial charge >= 0.3 is 5.97 Å². The zero-order chi connectivity index (χ0) is 14.0. The highest BCUT2D eigenvalue weighted by atomic mass is 35.5. The van der Waals surface area contributed by atoms with E-state index < -0.39 is 17.2 Å². The van der Waals surface area contributed by atoms with Crippen molar-refractivity contribution in [2.75, 3.05) is 0 Å². The molecule has 19 heavy (non-hydrogen) atoms. The van der Waals surface area contributed by atoms with Crippen molar-refractivity contribution in [1.82, 2.24) is 0 Å². The average Bonchev–Trinajstić information content (AvgIpc) is 2.36. The van der Waals surface area contributed by atoms with E-state index in [0.29, 0.717) is 12.8 Å². The number of carbonyl (C=O) groups excluding carboxylic acids is 1. The molecule has 1 fully saturated rings. The molecule has 102 valence electrons. The Bertz CT molecular complexity index is 509. The fraction of sp³-hybridized carbons (Fsp3) is 0.429. The van der Waals surface area contributed by atoms with Gasteiger partial charge in [-0.05, 0) is 31.4 Å². The van der Waals surface area contributed by atoms with Gasteiger partial charge in [-0.3, -0.25) is 9.59 Å². The Balaban J connectivity index is 2.42. The minimum Gasteiger partial charge on any atom is -0.480 e. The maximum absolute atomic E-state index is 13.8. The number of hydrogen-bond acceptors (Lipinski definition) is 2. The molecule has 1 N–H and O–H groups in total. The van der Waals surface area contributed by atoms with E-state index in [4.69, 9.17) is 11.6 Å². The van der Waals surface area contributed by atoms with E-state index in [1.54, 1.807) is 0 Å². The second kappa shape index (κ2) is 5.29. The van der Waals surface area contributed by atoms with Crippen LogP contribution in [0.15, 0.2) is 18.2 Å². The average molecular weight is 285 g/mol. The van der Waals surface area contributed by atoms with Crippen LogP contribution in [0.25, 0.3) is 0 Å². The van der Waals surface area contributed by atoms with Crippen LogP contribution < -0.4 is 0 Å². The quantitative estimate of drug-likeness (QED) is 0.867. The zero-order valence-corrected chi connectivity index (χ0v) is 11.0. The van der Waals surface area contributed by atoms with Crippen molar-refractivity contribution >= 4 is 23.4 Å². The van der Waals surface area contributed by atoms with Crippen LogP contribution >= 0.6 is 11.6 Å². The molecule has 0 saturated heterocycles. The van der Waals surface area contributed by atoms with Gasteiger partial charge in [0.2, 0.25) is 0 Å². The van der Waals surface area contributed by atoms with Crippen molar-refractivity contribution in [3.05, 3.63) is 34.6 Å². The van der Waals surface area contributed by atoms with Gasteiger partial charge < -0.3 is 5.11 Å². The summed E-state index contributed by atoms with van der Waals surface area (Å²) in [6.07, 6.45) is 1.65. The third-order valence-corrected chi connectivity index (χ3v) is 4.09. The molecule has 1 aromatic rings. The monoisotopic (exact) mass is 284 g/mol. The Hall–Kier alpha value is -1.42. The van der Waals surface area contributed by atoms with Crippen LogP contribution in [0.1, 0.15) is 31.2 Å². The van der Waals surface area contributed by atoms with Crippen molar-refractivity contribution in [2.45, 2.75) is 32.1 Å². The van der Waals surface area contributed by atoms with Crippen LogP contribution in [-0.2, 0) is 16.0 Å². The number of halogens is 2. The first kappa shape index (κ1) is 14.0. The lowest BCUT2D eigenvalue weighted by atomic mass is 9.69. The summed E-state index contributed by atoms with van der Waals surface area (Å²) in [5.41, 5.74) is -1.41. The molecule has 0 aromatic heterocycles. The molecule has 1 atom stereocenters. The summed E-state index contributed by atoms with van der Waals surface area (Å²) in [6.45, 7) is 0. The second-order valence-corrected chi connectivity index (χ2v) is 5.30. The molecule has 1 aliphatic carbocycles. The van der Waals surface area contributed by atoms with Gasteiger partial charge in [0.05, 0.1) is 0 Å². The summed E-state index contributed by atoms with van der Waals surface area (Å²) in [5, 5.41) is 9.58. The molecule has 0 heterocycles. The molecule has 1 aliphatic rings. The van der Waals surface area contributed by atoms with E-state index in [1.165, 1.54) is 18.2 Å². The Morgan fingerprint density at radius 2 is 2.16 bits per heavy atom. The van der Waals surface area contributed by atoms with E-state index >= 15 is 0 Å². The van der Waals surface area contributed by atoms with Crippen molar-refractivity contribution in [2.24, 2.45) is 5.41 Å². The van der Waals surface area contributed by atoms with Crippen LogP contribution in [0.5, 0.6) is 0 Å². The molecule has 0 bridgehead atoms. The highest BCUT2D eigenvalue weighted by Crippen LogP contribution is 2.38. The highest BCUT2D eigenvalue weighted by Gasteiger charge is 2.47. The first-order chi connectivity index (χ1) is 8.97. The van der Waals surface area contributed by atoms with Gasteiger partial charge in [0.25, 0.3) is 0 Å². The van der Waals surface area contributed by atoms with E-state index in [0.717, 1.165) is 0 Å². The van der Waals surface area contributed by atoms with Crippen LogP contribution in [0.4, 0.5) is 4.39 Å². The maximum atomic E-state index is 13.8. The van der Waals surface area contributed by atoms with Crippen LogP contribution in [0.2, 0.25) is 5.02 Å². The molecular weight excluding hydrogens is 271 g/mol. The molecule has 5 heteroatoms. The first-order valence-corrected chi connectivity index (χ1v) is 6.55. The molecule has 0 amide bonds. The standard InChI is InChI=1S/C14H14ClFO3/c15-10-4-3-5-11(16)9(10)8-14(13(18)19)7-2-1-6-12(14)17/h3-5H,1-2,6-8H2,(H,18,19). The lowest BCUT2D eigenvalue weighted by molar-refractivity contribution is -0.157. The lowest BCUT2D eigenvalue weighted by Crippen LogP contribution is -2.43. The topological polar surface area (TPSA) is 54.4 Å². The van der Waals surface area contributed by atoms with Crippen LogP contribution in [0.3, 0.4) is 0 Å². The third kappa shape index (κ3) is 2.50. The second-order valence-electron chi connectivity index (χ2n) is 4.89. The van der Waals surface area contributed by atoms with E-state index in [9.17, 15) is 19.1 Å². The fourth-order valence-electron chi connectivity index (χ4n) is 2.58. The maximum Gasteiger partial charge on any atom is 0.317 e. The first-order valence-electron chi connectivity index (χ1n) is 6.17. The summed E-state index contributed by atoms with van der Waals surface area (Å²) in [5.74, 6) is -2.08. The number of ketones is 1. The highest BCUT2D eigenvalue weighted by molar-refractivity contribution is 6.31. The number of Topliss-reactive ketones (excluding diaryl/α,β-unsaturated/α-hetero) is 1. The van der Waals surface area contributed by atoms with Gasteiger partial charge in [-0.25, -0.2) is 4.39 Å². The number of aliphatic carboxylic acids is 1. The van der Waals surface area contributed by atoms with Gasteiger partial charge in [0.15, 0.2) is 5.78 Å². The fourth-order valence-corrected chi connectivity index (χ4v) is 2.81. The Morgan fingerprint density at radius 3 is 2.74 bits per heavy atom. The summed E-state index contributed by atoms with van der Waals surface area (Å²) >= 11 is 5.92.